The Balaban J connectivity index is 2.10. The van der Waals surface area contributed by atoms with Crippen LogP contribution in [0.1, 0.15) is 11.1 Å². The van der Waals surface area contributed by atoms with Gasteiger partial charge in [-0.15, -0.1) is 0 Å². The molecule has 98 valence electrons. The summed E-state index contributed by atoms with van der Waals surface area (Å²) in [6, 6.07) is 13.1. The van der Waals surface area contributed by atoms with Gasteiger partial charge in [0.2, 0.25) is 0 Å². The Morgan fingerprint density at radius 2 is 1.79 bits per heavy atom. The molecular formula is C16H17BrN2. The lowest BCUT2D eigenvalue weighted by molar-refractivity contribution is 0.924. The predicted octanol–water partition coefficient (Wildman–Crippen LogP) is 4.63. The molecule has 0 fully saturated rings. The van der Waals surface area contributed by atoms with E-state index >= 15 is 0 Å². The fourth-order valence-corrected chi connectivity index (χ4v) is 3.02. The first-order chi connectivity index (χ1) is 9.13. The lowest BCUT2D eigenvalue weighted by atomic mass is 10.1. The number of aryl methyl sites for hydroxylation is 2. The first kappa shape index (κ1) is 12.5. The van der Waals surface area contributed by atoms with Gasteiger partial charge in [-0.3, -0.25) is 0 Å². The van der Waals surface area contributed by atoms with Crippen LogP contribution >= 0.6 is 15.9 Å². The van der Waals surface area contributed by atoms with Gasteiger partial charge < -0.3 is 10.2 Å². The molecule has 19 heavy (non-hydrogen) atoms. The summed E-state index contributed by atoms with van der Waals surface area (Å²) in [4.78, 5) is 2.39. The van der Waals surface area contributed by atoms with Crippen molar-refractivity contribution in [2.45, 2.75) is 13.8 Å². The Bertz CT molecular complexity index is 602. The smallest absolute Gasteiger partial charge is 0.0658 e. The highest BCUT2D eigenvalue weighted by molar-refractivity contribution is 9.10. The lowest BCUT2D eigenvalue weighted by Gasteiger charge is -2.32. The van der Waals surface area contributed by atoms with Gasteiger partial charge in [0.1, 0.15) is 0 Å². The molecule has 0 amide bonds. The summed E-state index contributed by atoms with van der Waals surface area (Å²) in [6.45, 7) is 6.27. The predicted molar refractivity (Wildman–Crippen MR) is 85.6 cm³/mol. The van der Waals surface area contributed by atoms with Crippen molar-refractivity contribution in [3.05, 3.63) is 52.0 Å². The molecule has 3 rings (SSSR count). The fraction of sp³-hybridized carbons (Fsp3) is 0.250. The van der Waals surface area contributed by atoms with Gasteiger partial charge in [-0.1, -0.05) is 22.0 Å². The summed E-state index contributed by atoms with van der Waals surface area (Å²) in [5.41, 5.74) is 6.34. The van der Waals surface area contributed by atoms with E-state index in [0.29, 0.717) is 0 Å². The summed E-state index contributed by atoms with van der Waals surface area (Å²) < 4.78 is 1.12. The zero-order valence-electron chi connectivity index (χ0n) is 11.2. The molecule has 0 saturated carbocycles. The van der Waals surface area contributed by atoms with Crippen molar-refractivity contribution in [2.75, 3.05) is 23.3 Å². The van der Waals surface area contributed by atoms with Gasteiger partial charge in [0.15, 0.2) is 0 Å². The molecule has 0 atom stereocenters. The minimum Gasteiger partial charge on any atom is -0.382 e. The third-order valence-corrected chi connectivity index (χ3v) is 3.91. The number of hydrogen-bond acceptors (Lipinski definition) is 2. The van der Waals surface area contributed by atoms with Crippen molar-refractivity contribution in [1.29, 1.82) is 0 Å². The average molecular weight is 317 g/mol. The van der Waals surface area contributed by atoms with Gasteiger partial charge >= 0.3 is 0 Å². The first-order valence-corrected chi connectivity index (χ1v) is 7.32. The second kappa shape index (κ2) is 4.89. The van der Waals surface area contributed by atoms with Crippen molar-refractivity contribution in [1.82, 2.24) is 0 Å². The molecule has 2 aromatic rings. The maximum Gasteiger partial charge on any atom is 0.0658 e. The van der Waals surface area contributed by atoms with E-state index in [0.717, 1.165) is 17.6 Å². The van der Waals surface area contributed by atoms with Gasteiger partial charge in [0.25, 0.3) is 0 Å². The molecule has 1 N–H and O–H groups in total. The van der Waals surface area contributed by atoms with E-state index in [9.17, 15) is 0 Å². The Hall–Kier alpha value is -1.48. The van der Waals surface area contributed by atoms with Crippen LogP contribution in [-0.4, -0.2) is 13.1 Å². The molecule has 0 aromatic heterocycles. The van der Waals surface area contributed by atoms with Crippen LogP contribution < -0.4 is 10.2 Å². The third kappa shape index (κ3) is 2.47. The van der Waals surface area contributed by atoms with Crippen molar-refractivity contribution >= 4 is 33.0 Å². The normalized spacial score (nSPS) is 13.9. The van der Waals surface area contributed by atoms with E-state index in [4.69, 9.17) is 0 Å². The second-order valence-corrected chi connectivity index (χ2v) is 6.00. The van der Waals surface area contributed by atoms with Crippen LogP contribution in [0.2, 0.25) is 0 Å². The number of fused-ring (bicyclic) bond motifs is 1. The van der Waals surface area contributed by atoms with Gasteiger partial charge in [-0.25, -0.2) is 0 Å². The van der Waals surface area contributed by atoms with Crippen molar-refractivity contribution < 1.29 is 0 Å². The van der Waals surface area contributed by atoms with Crippen LogP contribution in [0, 0.1) is 13.8 Å². The molecule has 0 spiro atoms. The molecule has 0 radical (unpaired) electrons. The summed E-state index contributed by atoms with van der Waals surface area (Å²) in [5.74, 6) is 0. The number of halogens is 1. The van der Waals surface area contributed by atoms with E-state index in [1.165, 1.54) is 28.2 Å². The minimum absolute atomic E-state index is 0.974. The van der Waals surface area contributed by atoms with Crippen LogP contribution in [0.5, 0.6) is 0 Å². The van der Waals surface area contributed by atoms with Crippen molar-refractivity contribution in [2.24, 2.45) is 0 Å². The molecule has 1 aliphatic heterocycles. The van der Waals surface area contributed by atoms with Gasteiger partial charge in [-0.2, -0.15) is 0 Å². The molecule has 2 aromatic carbocycles. The lowest BCUT2D eigenvalue weighted by Crippen LogP contribution is -2.30. The maximum atomic E-state index is 3.56. The van der Waals surface area contributed by atoms with Crippen LogP contribution in [0.4, 0.5) is 17.1 Å². The largest absolute Gasteiger partial charge is 0.382 e. The Morgan fingerprint density at radius 3 is 2.53 bits per heavy atom. The quantitative estimate of drug-likeness (QED) is 0.825. The highest BCUT2D eigenvalue weighted by Gasteiger charge is 2.18. The number of hydrogen-bond donors (Lipinski definition) is 1. The SMILES string of the molecule is Cc1cc(C)cc(N2CCNc3ccc(Br)cc32)c1. The Kier molecular flexibility index (Phi) is 3.23. The molecule has 0 unspecified atom stereocenters. The molecule has 3 heteroatoms. The average Bonchev–Trinajstić information content (AvgIpc) is 2.36. The molecule has 0 aliphatic carbocycles. The molecule has 1 heterocycles. The minimum atomic E-state index is 0.974. The van der Waals surface area contributed by atoms with E-state index in [2.05, 4.69) is 76.4 Å². The number of anilines is 3. The maximum absolute atomic E-state index is 3.56. The Morgan fingerprint density at radius 1 is 1.05 bits per heavy atom. The van der Waals surface area contributed by atoms with E-state index in [-0.39, 0.29) is 0 Å². The van der Waals surface area contributed by atoms with E-state index in [1.54, 1.807) is 0 Å². The van der Waals surface area contributed by atoms with Gasteiger partial charge in [0.05, 0.1) is 11.4 Å². The molecule has 0 bridgehead atoms. The summed E-state index contributed by atoms with van der Waals surface area (Å²) >= 11 is 3.56. The summed E-state index contributed by atoms with van der Waals surface area (Å²) in [7, 11) is 0. The van der Waals surface area contributed by atoms with Gasteiger partial charge in [0, 0.05) is 23.2 Å². The van der Waals surface area contributed by atoms with Gasteiger partial charge in [-0.05, 0) is 55.3 Å². The van der Waals surface area contributed by atoms with Crippen LogP contribution in [-0.2, 0) is 0 Å². The molecule has 1 aliphatic rings. The van der Waals surface area contributed by atoms with Crippen LogP contribution in [0.15, 0.2) is 40.9 Å². The third-order valence-electron chi connectivity index (χ3n) is 3.42. The zero-order valence-corrected chi connectivity index (χ0v) is 12.8. The van der Waals surface area contributed by atoms with Crippen molar-refractivity contribution in [3.8, 4) is 0 Å². The summed E-state index contributed by atoms with van der Waals surface area (Å²) in [5, 5.41) is 3.46. The molecule has 0 saturated heterocycles. The fourth-order valence-electron chi connectivity index (χ4n) is 2.68. The van der Waals surface area contributed by atoms with E-state index in [1.807, 2.05) is 0 Å². The molecule has 2 nitrogen and oxygen atoms in total. The highest BCUT2D eigenvalue weighted by Crippen LogP contribution is 2.37. The number of benzene rings is 2. The first-order valence-electron chi connectivity index (χ1n) is 6.53. The number of nitrogens with one attached hydrogen (secondary N) is 1. The number of rotatable bonds is 1. The van der Waals surface area contributed by atoms with Crippen LogP contribution in [0.25, 0.3) is 0 Å². The second-order valence-electron chi connectivity index (χ2n) is 5.09. The van der Waals surface area contributed by atoms with Crippen LogP contribution in [0.3, 0.4) is 0 Å². The van der Waals surface area contributed by atoms with E-state index < -0.39 is 0 Å². The zero-order chi connectivity index (χ0) is 13.4. The summed E-state index contributed by atoms with van der Waals surface area (Å²) in [6.07, 6.45) is 0. The Labute approximate surface area is 122 Å². The van der Waals surface area contributed by atoms with Crippen molar-refractivity contribution in [3.63, 3.8) is 0 Å². The number of nitrogens with zero attached hydrogens (tertiary/aromatic N) is 1. The monoisotopic (exact) mass is 316 g/mol. The topological polar surface area (TPSA) is 15.3 Å². The highest BCUT2D eigenvalue weighted by atomic mass is 79.9. The standard InChI is InChI=1S/C16H17BrN2/c1-11-7-12(2)9-14(8-11)19-6-5-18-15-4-3-13(17)10-16(15)19/h3-4,7-10,18H,5-6H2,1-2H3. The molecular weight excluding hydrogens is 300 g/mol.